The second kappa shape index (κ2) is 10.7. The monoisotopic (exact) mass is 418 g/mol. The molecule has 0 unspecified atom stereocenters. The zero-order chi connectivity index (χ0) is 22.1. The van der Waals surface area contributed by atoms with Gasteiger partial charge >= 0.3 is 5.97 Å². The smallest absolute Gasteiger partial charge is 0.337 e. The molecular weight excluding hydrogens is 396 g/mol. The molecule has 0 saturated heterocycles. The number of anilines is 2. The van der Waals surface area contributed by atoms with Gasteiger partial charge in [-0.2, -0.15) is 0 Å². The van der Waals surface area contributed by atoms with Crippen LogP contribution >= 0.6 is 0 Å². The van der Waals surface area contributed by atoms with Crippen LogP contribution in [-0.2, 0) is 16.1 Å². The van der Waals surface area contributed by atoms with E-state index in [1.165, 1.54) is 18.2 Å². The van der Waals surface area contributed by atoms with Crippen molar-refractivity contribution in [1.29, 1.82) is 0 Å². The third-order valence-electron chi connectivity index (χ3n) is 4.40. The highest BCUT2D eigenvalue weighted by Gasteiger charge is 2.13. The van der Waals surface area contributed by atoms with Crippen molar-refractivity contribution in [3.63, 3.8) is 0 Å². The number of para-hydroxylation sites is 1. The maximum atomic E-state index is 12.5. The molecule has 0 radical (unpaired) electrons. The molecule has 7 nitrogen and oxygen atoms in total. The lowest BCUT2D eigenvalue weighted by Crippen LogP contribution is -2.16. The third kappa shape index (κ3) is 6.52. The number of ether oxygens (including phenoxy) is 1. The van der Waals surface area contributed by atoms with Crippen molar-refractivity contribution in [1.82, 2.24) is 0 Å². The van der Waals surface area contributed by atoms with E-state index in [0.717, 1.165) is 5.56 Å². The number of carbonyl (C=O) groups is 3. The van der Waals surface area contributed by atoms with Crippen molar-refractivity contribution in [3.8, 4) is 0 Å². The van der Waals surface area contributed by atoms with Crippen LogP contribution in [0.3, 0.4) is 0 Å². The molecule has 0 spiro atoms. The van der Waals surface area contributed by atoms with E-state index < -0.39 is 11.9 Å². The van der Waals surface area contributed by atoms with Crippen LogP contribution in [0.5, 0.6) is 0 Å². The van der Waals surface area contributed by atoms with E-state index in [1.54, 1.807) is 30.3 Å². The van der Waals surface area contributed by atoms with E-state index in [9.17, 15) is 19.5 Å². The van der Waals surface area contributed by atoms with Gasteiger partial charge in [0.25, 0.3) is 5.91 Å². The van der Waals surface area contributed by atoms with Crippen molar-refractivity contribution in [2.45, 2.75) is 13.0 Å². The van der Waals surface area contributed by atoms with Crippen LogP contribution in [0.15, 0.2) is 78.9 Å². The van der Waals surface area contributed by atoms with Crippen molar-refractivity contribution >= 4 is 29.2 Å². The molecule has 0 atom stereocenters. The Bertz CT molecular complexity index is 1070. The number of carboxylic acid groups (broad SMARTS) is 1. The lowest BCUT2D eigenvalue weighted by molar-refractivity contribution is -0.117. The molecule has 0 aromatic heterocycles. The van der Waals surface area contributed by atoms with Gasteiger partial charge in [-0.25, -0.2) is 4.79 Å². The summed E-state index contributed by atoms with van der Waals surface area (Å²) in [5.74, 6) is -1.84. The first kappa shape index (κ1) is 21.7. The molecule has 3 rings (SSSR count). The molecule has 7 heteroatoms. The molecule has 2 amide bonds. The van der Waals surface area contributed by atoms with Gasteiger partial charge in [0.05, 0.1) is 30.9 Å². The largest absolute Gasteiger partial charge is 0.478 e. The number of carbonyl (C=O) groups excluding carboxylic acids is 2. The standard InChI is InChI=1S/C24H22N2O5/c27-22(13-14-31-16-17-7-2-1-3-8-17)25-19-10-6-9-18(15-19)23(28)26-21-12-5-4-11-20(21)24(29)30/h1-12,15H,13-14,16H2,(H,25,27)(H,26,28)(H,29,30). The molecule has 0 fully saturated rings. The first-order valence-corrected chi connectivity index (χ1v) is 9.68. The van der Waals surface area contributed by atoms with Gasteiger partial charge in [-0.15, -0.1) is 0 Å². The van der Waals surface area contributed by atoms with Crippen molar-refractivity contribution in [2.75, 3.05) is 17.2 Å². The van der Waals surface area contributed by atoms with Gasteiger partial charge in [-0.05, 0) is 35.9 Å². The number of hydrogen-bond acceptors (Lipinski definition) is 4. The summed E-state index contributed by atoms with van der Waals surface area (Å²) in [6, 6.07) is 22.2. The predicted molar refractivity (Wildman–Crippen MR) is 117 cm³/mol. The summed E-state index contributed by atoms with van der Waals surface area (Å²) in [6.45, 7) is 0.703. The fourth-order valence-electron chi connectivity index (χ4n) is 2.86. The van der Waals surface area contributed by atoms with Gasteiger partial charge < -0.3 is 20.5 Å². The maximum absolute atomic E-state index is 12.5. The molecule has 3 aromatic rings. The molecule has 0 aliphatic carbocycles. The van der Waals surface area contributed by atoms with E-state index in [4.69, 9.17) is 4.74 Å². The van der Waals surface area contributed by atoms with E-state index in [2.05, 4.69) is 10.6 Å². The number of benzene rings is 3. The van der Waals surface area contributed by atoms with Crippen LogP contribution in [0.2, 0.25) is 0 Å². The molecule has 0 aliphatic heterocycles. The Kier molecular flexibility index (Phi) is 7.50. The van der Waals surface area contributed by atoms with Crippen molar-refractivity contribution < 1.29 is 24.2 Å². The Morgan fingerprint density at radius 1 is 0.839 bits per heavy atom. The highest BCUT2D eigenvalue weighted by Crippen LogP contribution is 2.18. The molecule has 31 heavy (non-hydrogen) atoms. The van der Waals surface area contributed by atoms with Crippen LogP contribution in [0.25, 0.3) is 0 Å². The number of nitrogens with one attached hydrogen (secondary N) is 2. The SMILES string of the molecule is O=C(CCOCc1ccccc1)Nc1cccc(C(=O)Nc2ccccc2C(=O)O)c1. The van der Waals surface area contributed by atoms with Gasteiger partial charge in [0, 0.05) is 11.3 Å². The lowest BCUT2D eigenvalue weighted by atomic mass is 10.1. The minimum atomic E-state index is -1.13. The van der Waals surface area contributed by atoms with Crippen molar-refractivity contribution in [3.05, 3.63) is 95.6 Å². The van der Waals surface area contributed by atoms with E-state index in [-0.39, 0.29) is 30.2 Å². The zero-order valence-corrected chi connectivity index (χ0v) is 16.7. The van der Waals surface area contributed by atoms with E-state index in [0.29, 0.717) is 17.9 Å². The van der Waals surface area contributed by atoms with Gasteiger partial charge in [0.1, 0.15) is 0 Å². The fourth-order valence-corrected chi connectivity index (χ4v) is 2.86. The van der Waals surface area contributed by atoms with Gasteiger partial charge in [-0.1, -0.05) is 48.5 Å². The summed E-state index contributed by atoms with van der Waals surface area (Å²) >= 11 is 0. The number of hydrogen-bond donors (Lipinski definition) is 3. The Labute approximate surface area is 179 Å². The summed E-state index contributed by atoms with van der Waals surface area (Å²) in [5, 5.41) is 14.6. The normalized spacial score (nSPS) is 10.3. The number of carboxylic acids is 1. The van der Waals surface area contributed by atoms with Crippen LogP contribution in [0, 0.1) is 0 Å². The van der Waals surface area contributed by atoms with Crippen LogP contribution in [0.1, 0.15) is 32.7 Å². The molecule has 0 heterocycles. The molecule has 0 aliphatic rings. The Morgan fingerprint density at radius 3 is 2.35 bits per heavy atom. The summed E-state index contributed by atoms with van der Waals surface area (Å²) < 4.78 is 5.51. The first-order chi connectivity index (χ1) is 15.0. The molecule has 3 N–H and O–H groups in total. The topological polar surface area (TPSA) is 105 Å². The Balaban J connectivity index is 1.53. The molecular formula is C24H22N2O5. The Morgan fingerprint density at radius 2 is 1.58 bits per heavy atom. The van der Waals surface area contributed by atoms with E-state index >= 15 is 0 Å². The predicted octanol–water partition coefficient (Wildman–Crippen LogP) is 4.18. The number of aromatic carboxylic acids is 1. The molecule has 3 aromatic carbocycles. The van der Waals surface area contributed by atoms with Gasteiger partial charge in [-0.3, -0.25) is 9.59 Å². The second-order valence-electron chi connectivity index (χ2n) is 6.72. The molecule has 0 bridgehead atoms. The lowest BCUT2D eigenvalue weighted by Gasteiger charge is -2.10. The highest BCUT2D eigenvalue weighted by molar-refractivity contribution is 6.08. The number of rotatable bonds is 9. The highest BCUT2D eigenvalue weighted by atomic mass is 16.5. The van der Waals surface area contributed by atoms with E-state index in [1.807, 2.05) is 30.3 Å². The second-order valence-corrected chi connectivity index (χ2v) is 6.72. The minimum absolute atomic E-state index is 0.00388. The first-order valence-electron chi connectivity index (χ1n) is 9.68. The summed E-state index contributed by atoms with van der Waals surface area (Å²) in [4.78, 5) is 36.0. The summed E-state index contributed by atoms with van der Waals surface area (Å²) in [7, 11) is 0. The maximum Gasteiger partial charge on any atom is 0.337 e. The molecule has 158 valence electrons. The average Bonchev–Trinajstić information content (AvgIpc) is 2.78. The van der Waals surface area contributed by atoms with Gasteiger partial charge in [0.2, 0.25) is 5.91 Å². The summed E-state index contributed by atoms with van der Waals surface area (Å²) in [6.07, 6.45) is 0.176. The van der Waals surface area contributed by atoms with Gasteiger partial charge in [0.15, 0.2) is 0 Å². The zero-order valence-electron chi connectivity index (χ0n) is 16.7. The quantitative estimate of drug-likeness (QED) is 0.452. The fraction of sp³-hybridized carbons (Fsp3) is 0.125. The third-order valence-corrected chi connectivity index (χ3v) is 4.40. The van der Waals surface area contributed by atoms with Crippen LogP contribution < -0.4 is 10.6 Å². The summed E-state index contributed by atoms with van der Waals surface area (Å²) in [5.41, 5.74) is 1.98. The molecule has 0 saturated carbocycles. The number of amides is 2. The van der Waals surface area contributed by atoms with Crippen LogP contribution in [-0.4, -0.2) is 29.5 Å². The van der Waals surface area contributed by atoms with Crippen LogP contribution in [0.4, 0.5) is 11.4 Å². The average molecular weight is 418 g/mol. The van der Waals surface area contributed by atoms with Crippen molar-refractivity contribution in [2.24, 2.45) is 0 Å². The minimum Gasteiger partial charge on any atom is -0.478 e. The Hall–Kier alpha value is -3.97.